The van der Waals surface area contributed by atoms with Crippen molar-refractivity contribution in [1.29, 1.82) is 0 Å². The van der Waals surface area contributed by atoms with Gasteiger partial charge in [-0.05, 0) is 12.1 Å². The van der Waals surface area contributed by atoms with Gasteiger partial charge in [0.15, 0.2) is 0 Å². The zero-order chi connectivity index (χ0) is 12.6. The minimum Gasteiger partial charge on any atom is -0.448 e. The Kier molecular flexibility index (Phi) is 7.14. The van der Waals surface area contributed by atoms with Gasteiger partial charge in [-0.2, -0.15) is 0 Å². The standard InChI is InChI=1S/C9H9O4P.C2H6/c1-6(10)12-8-5-3-2-4-7(8)9(11)13-14;1-2/h2-5H,14H2,1H3;1-2H3. The summed E-state index contributed by atoms with van der Waals surface area (Å²) in [6, 6.07) is 6.37. The van der Waals surface area contributed by atoms with Crippen molar-refractivity contribution in [1.82, 2.24) is 0 Å². The summed E-state index contributed by atoms with van der Waals surface area (Å²) in [6.45, 7) is 5.27. The summed E-state index contributed by atoms with van der Waals surface area (Å²) in [6.07, 6.45) is 0. The molecule has 4 nitrogen and oxygen atoms in total. The first-order valence-electron chi connectivity index (χ1n) is 4.83. The highest BCUT2D eigenvalue weighted by molar-refractivity contribution is 7.10. The third-order valence-corrected chi connectivity index (χ3v) is 1.68. The lowest BCUT2D eigenvalue weighted by molar-refractivity contribution is -0.131. The van der Waals surface area contributed by atoms with Crippen molar-refractivity contribution >= 4 is 21.4 Å². The molecule has 88 valence electrons. The third-order valence-electron chi connectivity index (χ3n) is 1.47. The summed E-state index contributed by atoms with van der Waals surface area (Å²) >= 11 is 0. The molecule has 1 rings (SSSR count). The summed E-state index contributed by atoms with van der Waals surface area (Å²) < 4.78 is 9.26. The number of carbonyl (C=O) groups is 2. The molecule has 1 aromatic rings. The first-order valence-corrected chi connectivity index (χ1v) is 5.31. The molecule has 1 atom stereocenters. The fourth-order valence-electron chi connectivity index (χ4n) is 0.943. The van der Waals surface area contributed by atoms with Gasteiger partial charge >= 0.3 is 11.9 Å². The second-order valence-electron chi connectivity index (χ2n) is 2.50. The molecule has 0 spiro atoms. The van der Waals surface area contributed by atoms with Crippen molar-refractivity contribution in [3.05, 3.63) is 29.8 Å². The highest BCUT2D eigenvalue weighted by Crippen LogP contribution is 2.19. The average molecular weight is 242 g/mol. The topological polar surface area (TPSA) is 52.6 Å². The lowest BCUT2D eigenvalue weighted by Gasteiger charge is -2.05. The maximum Gasteiger partial charge on any atom is 0.344 e. The van der Waals surface area contributed by atoms with Crippen molar-refractivity contribution in [2.45, 2.75) is 20.8 Å². The van der Waals surface area contributed by atoms with Gasteiger partial charge in [0.2, 0.25) is 0 Å². The molecular weight excluding hydrogens is 227 g/mol. The predicted molar refractivity (Wildman–Crippen MR) is 64.2 cm³/mol. The van der Waals surface area contributed by atoms with Crippen LogP contribution in [0.15, 0.2) is 24.3 Å². The van der Waals surface area contributed by atoms with Gasteiger partial charge in [0.1, 0.15) is 11.3 Å². The van der Waals surface area contributed by atoms with E-state index in [0.29, 0.717) is 0 Å². The van der Waals surface area contributed by atoms with E-state index >= 15 is 0 Å². The van der Waals surface area contributed by atoms with Crippen molar-refractivity contribution in [3.63, 3.8) is 0 Å². The van der Waals surface area contributed by atoms with Gasteiger partial charge in [-0.1, -0.05) is 26.0 Å². The van der Waals surface area contributed by atoms with Crippen LogP contribution in [0.25, 0.3) is 0 Å². The number of benzene rings is 1. The average Bonchev–Trinajstić information content (AvgIpc) is 2.31. The normalized spacial score (nSPS) is 8.50. The van der Waals surface area contributed by atoms with Crippen molar-refractivity contribution in [2.75, 3.05) is 0 Å². The highest BCUT2D eigenvalue weighted by Gasteiger charge is 2.13. The van der Waals surface area contributed by atoms with E-state index in [2.05, 4.69) is 4.52 Å². The van der Waals surface area contributed by atoms with Crippen molar-refractivity contribution in [3.8, 4) is 5.75 Å². The van der Waals surface area contributed by atoms with Gasteiger partial charge < -0.3 is 9.26 Å². The summed E-state index contributed by atoms with van der Waals surface area (Å²) in [7, 11) is 1.84. The molecule has 16 heavy (non-hydrogen) atoms. The monoisotopic (exact) mass is 242 g/mol. The SMILES string of the molecule is CC.CC(=O)Oc1ccccc1C(=O)OP. The quantitative estimate of drug-likeness (QED) is 0.454. The van der Waals surface area contributed by atoms with Crippen LogP contribution < -0.4 is 4.74 Å². The Labute approximate surface area is 97.2 Å². The lowest BCUT2D eigenvalue weighted by atomic mass is 10.2. The number of rotatable bonds is 2. The number of carbonyl (C=O) groups excluding carboxylic acids is 2. The molecule has 5 heteroatoms. The number of ether oxygens (including phenoxy) is 1. The molecule has 0 aromatic heterocycles. The van der Waals surface area contributed by atoms with Crippen LogP contribution in [-0.2, 0) is 9.32 Å². The first kappa shape index (κ1) is 14.6. The zero-order valence-electron chi connectivity index (χ0n) is 9.52. The predicted octanol–water partition coefficient (Wildman–Crippen LogP) is 2.59. The van der Waals surface area contributed by atoms with E-state index in [1.807, 2.05) is 23.3 Å². The lowest BCUT2D eigenvalue weighted by Crippen LogP contribution is -2.07. The smallest absolute Gasteiger partial charge is 0.344 e. The Morgan fingerprint density at radius 1 is 1.19 bits per heavy atom. The van der Waals surface area contributed by atoms with Gasteiger partial charge in [0.05, 0.1) is 9.47 Å². The second kappa shape index (κ2) is 7.83. The Hall–Kier alpha value is -1.41. The summed E-state index contributed by atoms with van der Waals surface area (Å²) in [5.41, 5.74) is 0.220. The number of para-hydroxylation sites is 1. The van der Waals surface area contributed by atoms with E-state index in [-0.39, 0.29) is 11.3 Å². The molecule has 0 bridgehead atoms. The Bertz CT molecular complexity index is 363. The van der Waals surface area contributed by atoms with E-state index < -0.39 is 11.9 Å². The molecule has 0 aliphatic carbocycles. The van der Waals surface area contributed by atoms with E-state index in [0.717, 1.165) is 0 Å². The minimum absolute atomic E-state index is 0.201. The van der Waals surface area contributed by atoms with Crippen LogP contribution in [0, 0.1) is 0 Å². The van der Waals surface area contributed by atoms with Crippen LogP contribution in [0.3, 0.4) is 0 Å². The highest BCUT2D eigenvalue weighted by atomic mass is 31.0. The van der Waals surface area contributed by atoms with E-state index in [1.165, 1.54) is 19.1 Å². The van der Waals surface area contributed by atoms with Crippen LogP contribution in [0.5, 0.6) is 5.75 Å². The van der Waals surface area contributed by atoms with Gasteiger partial charge in [0.25, 0.3) is 0 Å². The van der Waals surface area contributed by atoms with Gasteiger partial charge in [-0.15, -0.1) is 0 Å². The van der Waals surface area contributed by atoms with E-state index in [4.69, 9.17) is 4.74 Å². The molecule has 1 aromatic carbocycles. The number of hydrogen-bond donors (Lipinski definition) is 0. The van der Waals surface area contributed by atoms with Crippen LogP contribution in [0.4, 0.5) is 0 Å². The Morgan fingerprint density at radius 3 is 2.25 bits per heavy atom. The summed E-state index contributed by atoms with van der Waals surface area (Å²) in [5, 5.41) is 0. The summed E-state index contributed by atoms with van der Waals surface area (Å²) in [4.78, 5) is 21.9. The van der Waals surface area contributed by atoms with Gasteiger partial charge in [-0.25, -0.2) is 4.79 Å². The van der Waals surface area contributed by atoms with E-state index in [1.54, 1.807) is 12.1 Å². The van der Waals surface area contributed by atoms with Crippen LogP contribution in [-0.4, -0.2) is 11.9 Å². The number of hydrogen-bond acceptors (Lipinski definition) is 4. The van der Waals surface area contributed by atoms with Crippen LogP contribution >= 0.6 is 9.47 Å². The molecule has 0 aliphatic rings. The first-order chi connectivity index (χ1) is 7.65. The van der Waals surface area contributed by atoms with Crippen LogP contribution in [0.1, 0.15) is 31.1 Å². The molecule has 0 radical (unpaired) electrons. The molecule has 0 saturated carbocycles. The van der Waals surface area contributed by atoms with Crippen molar-refractivity contribution < 1.29 is 18.8 Å². The summed E-state index contributed by atoms with van der Waals surface area (Å²) in [5.74, 6) is -0.840. The molecular formula is C11H15O4P. The minimum atomic E-state index is -0.563. The molecule has 1 unspecified atom stereocenters. The van der Waals surface area contributed by atoms with Gasteiger partial charge in [0, 0.05) is 6.92 Å². The number of esters is 1. The van der Waals surface area contributed by atoms with Gasteiger partial charge in [-0.3, -0.25) is 4.79 Å². The van der Waals surface area contributed by atoms with E-state index in [9.17, 15) is 9.59 Å². The molecule has 0 aliphatic heterocycles. The Balaban J connectivity index is 0.00000106. The molecule has 0 N–H and O–H groups in total. The molecule has 0 heterocycles. The molecule has 0 amide bonds. The zero-order valence-corrected chi connectivity index (χ0v) is 10.7. The van der Waals surface area contributed by atoms with Crippen molar-refractivity contribution in [2.24, 2.45) is 0 Å². The fourth-order valence-corrected chi connectivity index (χ4v) is 1.07. The third kappa shape index (κ3) is 4.41. The fraction of sp³-hybridized carbons (Fsp3) is 0.273. The Morgan fingerprint density at radius 2 is 1.75 bits per heavy atom. The maximum absolute atomic E-state index is 11.2. The maximum atomic E-state index is 11.2. The molecule has 0 fully saturated rings. The second-order valence-corrected chi connectivity index (χ2v) is 2.73. The largest absolute Gasteiger partial charge is 0.448 e. The molecule has 0 saturated heterocycles. The van der Waals surface area contributed by atoms with Crippen LogP contribution in [0.2, 0.25) is 0 Å².